The van der Waals surface area contributed by atoms with Crippen LogP contribution >= 0.6 is 0 Å². The minimum absolute atomic E-state index is 0.00990. The summed E-state index contributed by atoms with van der Waals surface area (Å²) in [5.74, 6) is -0.277. The fraction of sp³-hybridized carbons (Fsp3) is 0.357. The lowest BCUT2D eigenvalue weighted by Gasteiger charge is -2.09. The third kappa shape index (κ3) is 5.66. The van der Waals surface area contributed by atoms with Gasteiger partial charge in [0.25, 0.3) is 5.91 Å². The van der Waals surface area contributed by atoms with E-state index >= 15 is 0 Å². The van der Waals surface area contributed by atoms with Crippen molar-refractivity contribution in [1.29, 1.82) is 0 Å². The van der Waals surface area contributed by atoms with Crippen LogP contribution in [0, 0.1) is 6.92 Å². The van der Waals surface area contributed by atoms with Crippen LogP contribution in [0.25, 0.3) is 0 Å². The lowest BCUT2D eigenvalue weighted by Crippen LogP contribution is -2.28. The zero-order chi connectivity index (χ0) is 15.9. The predicted octanol–water partition coefficient (Wildman–Crippen LogP) is 0.965. The Labute approximate surface area is 125 Å². The van der Waals surface area contributed by atoms with Gasteiger partial charge in [-0.1, -0.05) is 6.08 Å². The third-order valence-electron chi connectivity index (χ3n) is 2.77. The number of rotatable bonds is 8. The Balaban J connectivity index is 2.57. The molecule has 0 unspecified atom stereocenters. The van der Waals surface area contributed by atoms with Gasteiger partial charge in [0.1, 0.15) is 0 Å². The molecular formula is C14H20N2O4S. The molecule has 1 amide bonds. The normalized spacial score (nSPS) is 11.1. The summed E-state index contributed by atoms with van der Waals surface area (Å²) in [4.78, 5) is 11.9. The maximum absolute atomic E-state index is 12.0. The number of hydrogen-bond donors (Lipinski definition) is 2. The molecule has 0 aromatic heterocycles. The van der Waals surface area contributed by atoms with Gasteiger partial charge in [-0.2, -0.15) is 0 Å². The number of benzene rings is 1. The summed E-state index contributed by atoms with van der Waals surface area (Å²) in [6.45, 7) is 6.60. The van der Waals surface area contributed by atoms with Gasteiger partial charge in [-0.25, -0.2) is 13.6 Å². The smallest absolute Gasteiger partial charge is 0.251 e. The van der Waals surface area contributed by atoms with Crippen LogP contribution in [0.3, 0.4) is 0 Å². The first kappa shape index (κ1) is 17.4. The fourth-order valence-electron chi connectivity index (χ4n) is 1.67. The Morgan fingerprint density at radius 3 is 2.71 bits per heavy atom. The monoisotopic (exact) mass is 312 g/mol. The highest BCUT2D eigenvalue weighted by Crippen LogP contribution is 2.14. The molecule has 1 aromatic carbocycles. The van der Waals surface area contributed by atoms with Gasteiger partial charge in [0.05, 0.1) is 18.1 Å². The molecule has 0 bridgehead atoms. The Bertz CT molecular complexity index is 611. The molecule has 0 fully saturated rings. The van der Waals surface area contributed by atoms with E-state index in [4.69, 9.17) is 9.88 Å². The highest BCUT2D eigenvalue weighted by atomic mass is 32.2. The van der Waals surface area contributed by atoms with Gasteiger partial charge in [0, 0.05) is 12.1 Å². The van der Waals surface area contributed by atoms with Crippen molar-refractivity contribution >= 4 is 15.9 Å². The van der Waals surface area contributed by atoms with Gasteiger partial charge in [-0.15, -0.1) is 6.58 Å². The van der Waals surface area contributed by atoms with Gasteiger partial charge < -0.3 is 10.1 Å². The van der Waals surface area contributed by atoms with E-state index in [1.165, 1.54) is 18.2 Å². The molecule has 1 rings (SSSR count). The molecule has 0 atom stereocenters. The number of nitrogens with two attached hydrogens (primary N) is 1. The van der Waals surface area contributed by atoms with Gasteiger partial charge in [-0.05, 0) is 37.1 Å². The second kappa shape index (κ2) is 7.92. The Morgan fingerprint density at radius 1 is 1.43 bits per heavy atom. The molecule has 0 aliphatic heterocycles. The van der Waals surface area contributed by atoms with E-state index in [0.29, 0.717) is 30.9 Å². The lowest BCUT2D eigenvalue weighted by atomic mass is 10.1. The fourth-order valence-corrected chi connectivity index (χ4v) is 2.27. The minimum Gasteiger partial charge on any atom is -0.379 e. The first-order valence-electron chi connectivity index (χ1n) is 6.46. The van der Waals surface area contributed by atoms with Gasteiger partial charge in [0.2, 0.25) is 10.0 Å². The summed E-state index contributed by atoms with van der Waals surface area (Å²) in [6.07, 6.45) is 2.52. The standard InChI is InChI=1S/C14H20N2O4S/c1-3-4-8-20-9-7-16-14(17)13-6-5-12(10-11(13)2)21(15,18)19/h3,5-6,10H,1,4,7-9H2,2H3,(H,16,17)(H2,15,18,19). The summed E-state index contributed by atoms with van der Waals surface area (Å²) in [5, 5.41) is 7.74. The summed E-state index contributed by atoms with van der Waals surface area (Å²) < 4.78 is 27.7. The van der Waals surface area contributed by atoms with Crippen molar-refractivity contribution in [3.05, 3.63) is 42.0 Å². The summed E-state index contributed by atoms with van der Waals surface area (Å²) in [7, 11) is -3.76. The van der Waals surface area contributed by atoms with E-state index in [1.807, 2.05) is 0 Å². The van der Waals surface area contributed by atoms with E-state index < -0.39 is 10.0 Å². The average Bonchev–Trinajstić information content (AvgIpc) is 2.41. The molecule has 0 aliphatic rings. The van der Waals surface area contributed by atoms with Crippen LogP contribution in [-0.2, 0) is 14.8 Å². The quantitative estimate of drug-likeness (QED) is 0.552. The van der Waals surface area contributed by atoms with Crippen molar-refractivity contribution in [3.63, 3.8) is 0 Å². The number of ether oxygens (including phenoxy) is 1. The number of amides is 1. The molecule has 0 heterocycles. The van der Waals surface area contributed by atoms with Gasteiger partial charge >= 0.3 is 0 Å². The summed E-state index contributed by atoms with van der Waals surface area (Å²) >= 11 is 0. The molecule has 21 heavy (non-hydrogen) atoms. The second-order valence-corrected chi connectivity index (χ2v) is 6.03. The molecular weight excluding hydrogens is 292 g/mol. The molecule has 6 nitrogen and oxygen atoms in total. The molecule has 0 saturated carbocycles. The Morgan fingerprint density at radius 2 is 2.14 bits per heavy atom. The number of carbonyl (C=O) groups excluding carboxylic acids is 1. The van der Waals surface area contributed by atoms with E-state index in [0.717, 1.165) is 6.42 Å². The number of primary sulfonamides is 1. The van der Waals surface area contributed by atoms with E-state index in [-0.39, 0.29) is 10.8 Å². The molecule has 0 saturated heterocycles. The maximum atomic E-state index is 12.0. The predicted molar refractivity (Wildman–Crippen MR) is 80.5 cm³/mol. The van der Waals surface area contributed by atoms with Crippen molar-refractivity contribution in [2.45, 2.75) is 18.2 Å². The Hall–Kier alpha value is -1.70. The minimum atomic E-state index is -3.76. The molecule has 116 valence electrons. The SMILES string of the molecule is C=CCCOCCNC(=O)c1ccc(S(N)(=O)=O)cc1C. The van der Waals surface area contributed by atoms with Crippen molar-refractivity contribution in [1.82, 2.24) is 5.32 Å². The average molecular weight is 312 g/mol. The second-order valence-electron chi connectivity index (χ2n) is 4.47. The number of hydrogen-bond acceptors (Lipinski definition) is 4. The van der Waals surface area contributed by atoms with Crippen molar-refractivity contribution in [2.75, 3.05) is 19.8 Å². The van der Waals surface area contributed by atoms with Crippen LogP contribution in [0.15, 0.2) is 35.7 Å². The van der Waals surface area contributed by atoms with Gasteiger partial charge in [-0.3, -0.25) is 4.79 Å². The Kier molecular flexibility index (Phi) is 6.54. The molecule has 0 spiro atoms. The van der Waals surface area contributed by atoms with E-state index in [9.17, 15) is 13.2 Å². The van der Waals surface area contributed by atoms with Gasteiger partial charge in [0.15, 0.2) is 0 Å². The summed E-state index contributed by atoms with van der Waals surface area (Å²) in [5.41, 5.74) is 0.958. The zero-order valence-corrected chi connectivity index (χ0v) is 12.8. The molecule has 1 aromatic rings. The molecule has 0 radical (unpaired) electrons. The van der Waals surface area contributed by atoms with Crippen LogP contribution in [-0.4, -0.2) is 34.1 Å². The van der Waals surface area contributed by atoms with Crippen LogP contribution in [0.4, 0.5) is 0 Å². The van der Waals surface area contributed by atoms with E-state index in [1.54, 1.807) is 13.0 Å². The lowest BCUT2D eigenvalue weighted by molar-refractivity contribution is 0.0917. The number of nitrogens with one attached hydrogen (secondary N) is 1. The van der Waals surface area contributed by atoms with Crippen molar-refractivity contribution < 1.29 is 17.9 Å². The van der Waals surface area contributed by atoms with Crippen LogP contribution < -0.4 is 10.5 Å². The number of sulfonamides is 1. The number of carbonyl (C=O) groups is 1. The largest absolute Gasteiger partial charge is 0.379 e. The third-order valence-corrected chi connectivity index (χ3v) is 3.68. The topological polar surface area (TPSA) is 98.5 Å². The molecule has 3 N–H and O–H groups in total. The molecule has 0 aliphatic carbocycles. The maximum Gasteiger partial charge on any atom is 0.251 e. The van der Waals surface area contributed by atoms with E-state index in [2.05, 4.69) is 11.9 Å². The molecule has 7 heteroatoms. The van der Waals surface area contributed by atoms with Crippen LogP contribution in [0.2, 0.25) is 0 Å². The van der Waals surface area contributed by atoms with Crippen LogP contribution in [0.5, 0.6) is 0 Å². The first-order chi connectivity index (χ1) is 9.86. The first-order valence-corrected chi connectivity index (χ1v) is 8.01. The summed E-state index contributed by atoms with van der Waals surface area (Å²) in [6, 6.07) is 4.14. The van der Waals surface area contributed by atoms with Crippen molar-refractivity contribution in [3.8, 4) is 0 Å². The highest BCUT2D eigenvalue weighted by Gasteiger charge is 2.13. The highest BCUT2D eigenvalue weighted by molar-refractivity contribution is 7.89. The number of aryl methyl sites for hydroxylation is 1. The van der Waals surface area contributed by atoms with Crippen molar-refractivity contribution in [2.24, 2.45) is 5.14 Å². The zero-order valence-electron chi connectivity index (χ0n) is 12.0. The van der Waals surface area contributed by atoms with Crippen LogP contribution in [0.1, 0.15) is 22.3 Å².